The van der Waals surface area contributed by atoms with E-state index in [0.29, 0.717) is 0 Å². The maximum atomic E-state index is 2.23. The Morgan fingerprint density at radius 1 is 0.467 bits per heavy atom. The van der Waals surface area contributed by atoms with Gasteiger partial charge in [0.05, 0.1) is 0 Å². The van der Waals surface area contributed by atoms with Crippen molar-refractivity contribution in [3.63, 3.8) is 0 Å². The first-order valence-corrected chi connectivity index (χ1v) is 5.83. The van der Waals surface area contributed by atoms with Gasteiger partial charge in [-0.15, -0.1) is 24.8 Å². The first kappa shape index (κ1) is 29.7. The van der Waals surface area contributed by atoms with Crippen molar-refractivity contribution in [3.8, 4) is 0 Å². The summed E-state index contributed by atoms with van der Waals surface area (Å²) in [7, 11) is 0. The molecule has 3 heteroatoms. The summed E-state index contributed by atoms with van der Waals surface area (Å²) in [4.78, 5) is 0. The van der Waals surface area contributed by atoms with E-state index in [0.717, 1.165) is 0 Å². The molecule has 0 aliphatic carbocycles. The molecule has 0 fully saturated rings. The third-order valence-corrected chi connectivity index (χ3v) is 1.91. The smallest absolute Gasteiger partial charge is 0.0149 e. The van der Waals surface area contributed by atoms with Crippen molar-refractivity contribution in [2.24, 2.45) is 0 Å². The molecule has 0 amide bonds. The Bertz CT molecular complexity index is 45.6. The predicted molar refractivity (Wildman–Crippen MR) is 85.5 cm³/mol. The van der Waals surface area contributed by atoms with E-state index in [1.807, 2.05) is 0 Å². The van der Waals surface area contributed by atoms with Gasteiger partial charge in [0.2, 0.25) is 0 Å². The van der Waals surface area contributed by atoms with Crippen LogP contribution in [0.1, 0.15) is 79.1 Å². The van der Waals surface area contributed by atoms with E-state index < -0.39 is 0 Å². The summed E-state index contributed by atoms with van der Waals surface area (Å²) in [5.41, 5.74) is 0. The third kappa shape index (κ3) is 52.5. The second kappa shape index (κ2) is 36.4. The largest absolute Gasteiger partial charge is 0.147 e. The monoisotopic (exact) mass is 276 g/mol. The van der Waals surface area contributed by atoms with Crippen molar-refractivity contribution >= 4 is 35.8 Å². The lowest BCUT2D eigenvalue weighted by Crippen LogP contribution is -1.66. The zero-order chi connectivity index (χ0) is 9.66. The molecule has 0 saturated carbocycles. The highest BCUT2D eigenvalue weighted by Gasteiger charge is 1.75. The van der Waals surface area contributed by atoms with Crippen LogP contribution in [0.25, 0.3) is 0 Å². The van der Waals surface area contributed by atoms with Gasteiger partial charge in [0.15, 0.2) is 0 Å². The second-order valence-corrected chi connectivity index (χ2v) is 3.41. The highest BCUT2D eigenvalue weighted by atomic mass is 35.5. The maximum absolute atomic E-state index is 2.23. The molecule has 0 aromatic heterocycles. The molecule has 0 aliphatic heterocycles. The third-order valence-electron chi connectivity index (χ3n) is 1.91. The zero-order valence-electron chi connectivity index (χ0n) is 10.5. The summed E-state index contributed by atoms with van der Waals surface area (Å²) >= 11 is 0. The Labute approximate surface area is 115 Å². The summed E-state index contributed by atoms with van der Waals surface area (Å²) in [6.07, 6.45) is 11.1. The van der Waals surface area contributed by atoms with Crippen molar-refractivity contribution in [1.82, 2.24) is 0 Å². The van der Waals surface area contributed by atoms with E-state index in [-0.39, 0.29) is 35.8 Å². The molecule has 0 aromatic rings. The topological polar surface area (TPSA) is 0 Å². The van der Waals surface area contributed by atoms with Gasteiger partial charge in [0.25, 0.3) is 0 Å². The van der Waals surface area contributed by atoms with Crippen molar-refractivity contribution in [2.45, 2.75) is 79.1 Å². The average molecular weight is 277 g/mol. The number of hydrogen-bond donors (Lipinski definition) is 0. The molecular formula is C12H34Cl2Si. The van der Waals surface area contributed by atoms with Gasteiger partial charge in [-0.05, 0) is 11.0 Å². The van der Waals surface area contributed by atoms with Gasteiger partial charge in [-0.3, -0.25) is 0 Å². The molecule has 0 bridgehead atoms. The normalized spacial score (nSPS) is 7.20. The van der Waals surface area contributed by atoms with Crippen LogP contribution < -0.4 is 0 Å². The molecule has 0 saturated heterocycles. The van der Waals surface area contributed by atoms with Gasteiger partial charge in [-0.25, -0.2) is 0 Å². The minimum absolute atomic E-state index is 0. The van der Waals surface area contributed by atoms with Gasteiger partial charge < -0.3 is 0 Å². The van der Waals surface area contributed by atoms with E-state index in [9.17, 15) is 0 Å². The molecule has 0 aromatic carbocycles. The molecule has 0 aliphatic rings. The van der Waals surface area contributed by atoms with E-state index in [4.69, 9.17) is 0 Å². The standard InChI is InChI=1S/2C6H14.2ClH.H4Si/c2*1-3-5-6-4-2;;;/h2*3-6H2,1-2H3;2*1H;1H4. The van der Waals surface area contributed by atoms with Crippen LogP contribution in [0.4, 0.5) is 0 Å². The Balaban J connectivity index is -0.0000000370. The van der Waals surface area contributed by atoms with Gasteiger partial charge in [-0.2, -0.15) is 0 Å². The fraction of sp³-hybridized carbons (Fsp3) is 1.00. The number of halogens is 2. The first-order chi connectivity index (χ1) is 5.83. The molecule has 0 nitrogen and oxygen atoms in total. The average Bonchev–Trinajstić information content (AvgIpc) is 2.12. The van der Waals surface area contributed by atoms with E-state index >= 15 is 0 Å². The number of unbranched alkanes of at least 4 members (excludes halogenated alkanes) is 6. The first-order valence-electron chi connectivity index (χ1n) is 5.83. The lowest BCUT2D eigenvalue weighted by molar-refractivity contribution is 0.702. The predicted octanol–water partition coefficient (Wildman–Crippen LogP) is 4.57. The zero-order valence-corrected chi connectivity index (χ0v) is 12.1. The Hall–Kier alpha value is 0.797. The second-order valence-electron chi connectivity index (χ2n) is 3.41. The van der Waals surface area contributed by atoms with Gasteiger partial charge in [-0.1, -0.05) is 79.1 Å². The SMILES string of the molecule is CCCCCC.CCCCCC.Cl.Cl.[SiH4]. The van der Waals surface area contributed by atoms with Crippen LogP contribution in [-0.4, -0.2) is 11.0 Å². The minimum Gasteiger partial charge on any atom is -0.147 e. The van der Waals surface area contributed by atoms with Crippen LogP contribution in [0.5, 0.6) is 0 Å². The molecule has 15 heavy (non-hydrogen) atoms. The highest BCUT2D eigenvalue weighted by Crippen LogP contribution is 1.95. The molecule has 0 spiro atoms. The molecule has 100 valence electrons. The molecule has 0 heterocycles. The van der Waals surface area contributed by atoms with E-state index in [1.54, 1.807) is 0 Å². The fourth-order valence-electron chi connectivity index (χ4n) is 1.000. The summed E-state index contributed by atoms with van der Waals surface area (Å²) in [5.74, 6) is 0. The van der Waals surface area contributed by atoms with Crippen LogP contribution in [0.3, 0.4) is 0 Å². The van der Waals surface area contributed by atoms with Crippen molar-refractivity contribution < 1.29 is 0 Å². The number of hydrogen-bond acceptors (Lipinski definition) is 0. The van der Waals surface area contributed by atoms with Gasteiger partial charge in [0.1, 0.15) is 0 Å². The van der Waals surface area contributed by atoms with Gasteiger partial charge in [0, 0.05) is 0 Å². The minimum atomic E-state index is 0. The summed E-state index contributed by atoms with van der Waals surface area (Å²) in [6.45, 7) is 8.93. The quantitative estimate of drug-likeness (QED) is 0.493. The molecular weight excluding hydrogens is 243 g/mol. The summed E-state index contributed by atoms with van der Waals surface area (Å²) in [6, 6.07) is 0. The lowest BCUT2D eigenvalue weighted by atomic mass is 10.2. The molecule has 0 N–H and O–H groups in total. The Morgan fingerprint density at radius 2 is 0.600 bits per heavy atom. The summed E-state index contributed by atoms with van der Waals surface area (Å²) in [5, 5.41) is 0. The van der Waals surface area contributed by atoms with Crippen molar-refractivity contribution in [3.05, 3.63) is 0 Å². The molecule has 0 unspecified atom stereocenters. The van der Waals surface area contributed by atoms with Crippen LogP contribution in [0.15, 0.2) is 0 Å². The van der Waals surface area contributed by atoms with Crippen molar-refractivity contribution in [2.75, 3.05) is 0 Å². The molecule has 0 radical (unpaired) electrons. The number of rotatable bonds is 6. The Morgan fingerprint density at radius 3 is 0.667 bits per heavy atom. The molecule has 0 rings (SSSR count). The van der Waals surface area contributed by atoms with E-state index in [2.05, 4.69) is 27.7 Å². The maximum Gasteiger partial charge on any atom is -0.0149 e. The fourth-order valence-corrected chi connectivity index (χ4v) is 1.000. The lowest BCUT2D eigenvalue weighted by Gasteiger charge is -1.86. The summed E-state index contributed by atoms with van der Waals surface area (Å²) < 4.78 is 0. The van der Waals surface area contributed by atoms with Gasteiger partial charge >= 0.3 is 0 Å². The highest BCUT2D eigenvalue weighted by molar-refractivity contribution is 5.85. The van der Waals surface area contributed by atoms with Crippen molar-refractivity contribution in [1.29, 1.82) is 0 Å². The molecule has 0 atom stereocenters. The van der Waals surface area contributed by atoms with Crippen LogP contribution >= 0.6 is 24.8 Å². The van der Waals surface area contributed by atoms with Crippen LogP contribution in [-0.2, 0) is 0 Å². The van der Waals surface area contributed by atoms with E-state index in [1.165, 1.54) is 51.4 Å². The van der Waals surface area contributed by atoms with Crippen LogP contribution in [0.2, 0.25) is 0 Å². The Kier molecular flexibility index (Phi) is 72.0. The van der Waals surface area contributed by atoms with Crippen LogP contribution in [0, 0.1) is 0 Å².